The van der Waals surface area contributed by atoms with Crippen molar-refractivity contribution < 1.29 is 0 Å². The Morgan fingerprint density at radius 1 is 1.19 bits per heavy atom. The van der Waals surface area contributed by atoms with Gasteiger partial charge in [0.2, 0.25) is 0 Å². The normalized spacial score (nSPS) is 18.2. The van der Waals surface area contributed by atoms with Crippen molar-refractivity contribution in [3.05, 3.63) is 0 Å². The second kappa shape index (κ2) is 9.32. The number of thioether (sulfide) groups is 1. The van der Waals surface area contributed by atoms with E-state index in [4.69, 9.17) is 0 Å². The van der Waals surface area contributed by atoms with Gasteiger partial charge in [-0.3, -0.25) is 0 Å². The van der Waals surface area contributed by atoms with Crippen molar-refractivity contribution in [2.24, 2.45) is 5.92 Å². The molecule has 0 saturated carbocycles. The van der Waals surface area contributed by atoms with E-state index in [0.29, 0.717) is 0 Å². The summed E-state index contributed by atoms with van der Waals surface area (Å²) in [5, 5.41) is 3.45. The smallest absolute Gasteiger partial charge is 0.00724 e. The minimum atomic E-state index is 0.944. The van der Waals surface area contributed by atoms with Gasteiger partial charge in [-0.1, -0.05) is 13.8 Å². The maximum Gasteiger partial charge on any atom is 0.00724 e. The van der Waals surface area contributed by atoms with Gasteiger partial charge in [-0.2, -0.15) is 11.8 Å². The van der Waals surface area contributed by atoms with Crippen molar-refractivity contribution in [1.82, 2.24) is 10.2 Å². The third-order valence-electron chi connectivity index (χ3n) is 3.27. The van der Waals surface area contributed by atoms with Crippen LogP contribution in [0.15, 0.2) is 0 Å². The third kappa shape index (κ3) is 6.12. The van der Waals surface area contributed by atoms with Crippen LogP contribution in [0, 0.1) is 5.92 Å². The summed E-state index contributed by atoms with van der Waals surface area (Å²) in [5.74, 6) is 3.51. The first-order chi connectivity index (χ1) is 7.86. The molecule has 1 heterocycles. The number of hydrogen-bond acceptors (Lipinski definition) is 3. The van der Waals surface area contributed by atoms with Crippen molar-refractivity contribution >= 4 is 11.8 Å². The van der Waals surface area contributed by atoms with Crippen LogP contribution in [0.25, 0.3) is 0 Å². The van der Waals surface area contributed by atoms with Gasteiger partial charge in [0.05, 0.1) is 0 Å². The molecule has 3 heteroatoms. The number of piperidine rings is 1. The van der Waals surface area contributed by atoms with E-state index in [1.807, 2.05) is 0 Å². The van der Waals surface area contributed by atoms with E-state index in [9.17, 15) is 0 Å². The molecule has 1 N–H and O–H groups in total. The average molecular weight is 244 g/mol. The zero-order valence-electron chi connectivity index (χ0n) is 11.0. The predicted octanol–water partition coefficient (Wildman–Crippen LogP) is 2.45. The Bertz CT molecular complexity index is 158. The lowest BCUT2D eigenvalue weighted by atomic mass is 9.97. The van der Waals surface area contributed by atoms with Crippen LogP contribution in [0.3, 0.4) is 0 Å². The van der Waals surface area contributed by atoms with Crippen LogP contribution in [-0.2, 0) is 0 Å². The Morgan fingerprint density at radius 2 is 1.94 bits per heavy atom. The van der Waals surface area contributed by atoms with E-state index in [1.54, 1.807) is 0 Å². The average Bonchev–Trinajstić information content (AvgIpc) is 2.31. The molecule has 0 aliphatic carbocycles. The van der Waals surface area contributed by atoms with Gasteiger partial charge in [0.15, 0.2) is 0 Å². The Balaban J connectivity index is 2.19. The number of hydrogen-bond donors (Lipinski definition) is 1. The van der Waals surface area contributed by atoms with Crippen LogP contribution >= 0.6 is 11.8 Å². The van der Waals surface area contributed by atoms with Gasteiger partial charge in [-0.25, -0.2) is 0 Å². The fourth-order valence-corrected chi connectivity index (χ4v) is 3.05. The van der Waals surface area contributed by atoms with Crippen LogP contribution in [0.4, 0.5) is 0 Å². The molecule has 1 rings (SSSR count). The molecule has 0 radical (unpaired) electrons. The fraction of sp³-hybridized carbons (Fsp3) is 1.00. The van der Waals surface area contributed by atoms with Gasteiger partial charge >= 0.3 is 0 Å². The second-order valence-corrected chi connectivity index (χ2v) is 6.08. The maximum absolute atomic E-state index is 3.45. The molecule has 1 fully saturated rings. The summed E-state index contributed by atoms with van der Waals surface area (Å²) in [6, 6.07) is 0. The molecule has 16 heavy (non-hydrogen) atoms. The molecule has 0 unspecified atom stereocenters. The molecule has 2 nitrogen and oxygen atoms in total. The van der Waals surface area contributed by atoms with E-state index < -0.39 is 0 Å². The topological polar surface area (TPSA) is 15.3 Å². The molecule has 0 aromatic heterocycles. The molecule has 1 aliphatic rings. The van der Waals surface area contributed by atoms with E-state index >= 15 is 0 Å². The Labute approximate surface area is 106 Å². The second-order valence-electron chi connectivity index (χ2n) is 4.69. The molecule has 1 aliphatic heterocycles. The summed E-state index contributed by atoms with van der Waals surface area (Å²) in [5.41, 5.74) is 0. The van der Waals surface area contributed by atoms with Crippen LogP contribution < -0.4 is 5.32 Å². The number of nitrogens with one attached hydrogen (secondary N) is 1. The highest BCUT2D eigenvalue weighted by atomic mass is 32.2. The minimum absolute atomic E-state index is 0.944. The van der Waals surface area contributed by atoms with Gasteiger partial charge in [-0.15, -0.1) is 0 Å². The standard InChI is InChI=1S/C13H28N2S/c1-3-9-15(10-11-16-4-2)12-13-5-7-14-8-6-13/h13-14H,3-12H2,1-2H3. The van der Waals surface area contributed by atoms with Crippen LogP contribution in [0.1, 0.15) is 33.1 Å². The fourth-order valence-electron chi connectivity index (χ4n) is 2.38. The molecule has 0 atom stereocenters. The van der Waals surface area contributed by atoms with Crippen molar-refractivity contribution in [3.8, 4) is 0 Å². The monoisotopic (exact) mass is 244 g/mol. The first-order valence-electron chi connectivity index (χ1n) is 6.87. The highest BCUT2D eigenvalue weighted by molar-refractivity contribution is 7.99. The molecular weight excluding hydrogens is 216 g/mol. The Hall–Kier alpha value is 0.270. The molecular formula is C13H28N2S. The number of nitrogens with zero attached hydrogens (tertiary/aromatic N) is 1. The first kappa shape index (κ1) is 14.3. The minimum Gasteiger partial charge on any atom is -0.317 e. The zero-order valence-corrected chi connectivity index (χ0v) is 11.8. The molecule has 0 amide bonds. The van der Waals surface area contributed by atoms with Crippen LogP contribution in [0.2, 0.25) is 0 Å². The first-order valence-corrected chi connectivity index (χ1v) is 8.03. The summed E-state index contributed by atoms with van der Waals surface area (Å²) in [7, 11) is 0. The van der Waals surface area contributed by atoms with Crippen LogP contribution in [0.5, 0.6) is 0 Å². The Morgan fingerprint density at radius 3 is 2.56 bits per heavy atom. The summed E-state index contributed by atoms with van der Waals surface area (Å²) < 4.78 is 0. The molecule has 0 aromatic rings. The summed E-state index contributed by atoms with van der Waals surface area (Å²) in [6.07, 6.45) is 4.05. The highest BCUT2D eigenvalue weighted by Crippen LogP contribution is 2.14. The van der Waals surface area contributed by atoms with Gasteiger partial charge < -0.3 is 10.2 Å². The summed E-state index contributed by atoms with van der Waals surface area (Å²) in [4.78, 5) is 2.68. The molecule has 0 aromatic carbocycles. The maximum atomic E-state index is 3.45. The lowest BCUT2D eigenvalue weighted by molar-refractivity contribution is 0.215. The van der Waals surface area contributed by atoms with Crippen molar-refractivity contribution in [2.45, 2.75) is 33.1 Å². The molecule has 1 saturated heterocycles. The third-order valence-corrected chi connectivity index (χ3v) is 4.15. The van der Waals surface area contributed by atoms with E-state index in [1.165, 1.54) is 63.5 Å². The Kier molecular flexibility index (Phi) is 8.34. The highest BCUT2D eigenvalue weighted by Gasteiger charge is 2.16. The SMILES string of the molecule is CCCN(CCSCC)CC1CCNCC1. The molecule has 96 valence electrons. The van der Waals surface area contributed by atoms with Gasteiger partial charge in [-0.05, 0) is 50.6 Å². The quantitative estimate of drug-likeness (QED) is 0.660. The lowest BCUT2D eigenvalue weighted by Crippen LogP contribution is -2.37. The van der Waals surface area contributed by atoms with Gasteiger partial charge in [0.1, 0.15) is 0 Å². The zero-order chi connectivity index (χ0) is 11.6. The predicted molar refractivity (Wildman–Crippen MR) is 75.3 cm³/mol. The van der Waals surface area contributed by atoms with Gasteiger partial charge in [0.25, 0.3) is 0 Å². The number of rotatable bonds is 8. The summed E-state index contributed by atoms with van der Waals surface area (Å²) in [6.45, 7) is 10.9. The van der Waals surface area contributed by atoms with Crippen molar-refractivity contribution in [2.75, 3.05) is 44.2 Å². The van der Waals surface area contributed by atoms with E-state index in [-0.39, 0.29) is 0 Å². The van der Waals surface area contributed by atoms with E-state index in [0.717, 1.165) is 5.92 Å². The lowest BCUT2D eigenvalue weighted by Gasteiger charge is -2.29. The largest absolute Gasteiger partial charge is 0.317 e. The van der Waals surface area contributed by atoms with Crippen molar-refractivity contribution in [3.63, 3.8) is 0 Å². The van der Waals surface area contributed by atoms with Gasteiger partial charge in [0, 0.05) is 18.8 Å². The van der Waals surface area contributed by atoms with Crippen LogP contribution in [-0.4, -0.2) is 49.1 Å². The van der Waals surface area contributed by atoms with E-state index in [2.05, 4.69) is 35.8 Å². The molecule has 0 spiro atoms. The summed E-state index contributed by atoms with van der Waals surface area (Å²) >= 11 is 2.07. The molecule has 0 bridgehead atoms. The van der Waals surface area contributed by atoms with Crippen molar-refractivity contribution in [1.29, 1.82) is 0 Å².